The molecule has 7 heteroatoms. The highest BCUT2D eigenvalue weighted by atomic mass is 79.9. The van der Waals surface area contributed by atoms with Crippen molar-refractivity contribution in [1.82, 2.24) is 4.90 Å². The Morgan fingerprint density at radius 1 is 1.40 bits per heavy atom. The van der Waals surface area contributed by atoms with Crippen molar-refractivity contribution in [2.24, 2.45) is 0 Å². The second-order valence-corrected chi connectivity index (χ2v) is 6.83. The summed E-state index contributed by atoms with van der Waals surface area (Å²) in [7, 11) is 0. The average molecular weight is 369 g/mol. The van der Waals surface area contributed by atoms with Gasteiger partial charge in [-0.25, -0.2) is 0 Å². The number of thioether (sulfide) groups is 1. The van der Waals surface area contributed by atoms with Gasteiger partial charge >= 0.3 is 0 Å². The molecule has 0 aliphatic carbocycles. The normalized spacial score (nSPS) is 21.5. The van der Waals surface area contributed by atoms with Gasteiger partial charge in [-0.05, 0) is 25.1 Å². The highest BCUT2D eigenvalue weighted by molar-refractivity contribution is 9.10. The van der Waals surface area contributed by atoms with E-state index in [1.54, 1.807) is 0 Å². The van der Waals surface area contributed by atoms with E-state index in [1.165, 1.54) is 16.7 Å². The summed E-state index contributed by atoms with van der Waals surface area (Å²) >= 11 is 9.76. The zero-order chi connectivity index (χ0) is 14.4. The fourth-order valence-electron chi connectivity index (χ4n) is 2.19. The molecule has 1 fully saturated rings. The molecule has 1 saturated heterocycles. The SMILES string of the molecule is CCN1C(=O)/C(=C2/C(=O)Nc3ccc(Br)cc32)SC1=S. The van der Waals surface area contributed by atoms with Crippen LogP contribution in [0.5, 0.6) is 0 Å². The number of thiocarbonyl (C=S) groups is 1. The van der Waals surface area contributed by atoms with Crippen molar-refractivity contribution in [2.45, 2.75) is 6.92 Å². The Kier molecular flexibility index (Phi) is 3.43. The van der Waals surface area contributed by atoms with Gasteiger partial charge in [0.05, 0.1) is 10.5 Å². The van der Waals surface area contributed by atoms with Gasteiger partial charge in [-0.2, -0.15) is 0 Å². The number of amides is 2. The van der Waals surface area contributed by atoms with Crippen molar-refractivity contribution in [3.05, 3.63) is 33.1 Å². The number of anilines is 1. The van der Waals surface area contributed by atoms with Gasteiger partial charge in [0.15, 0.2) is 0 Å². The van der Waals surface area contributed by atoms with Crippen LogP contribution in [0.3, 0.4) is 0 Å². The van der Waals surface area contributed by atoms with Gasteiger partial charge in [0.25, 0.3) is 11.8 Å². The van der Waals surface area contributed by atoms with E-state index >= 15 is 0 Å². The van der Waals surface area contributed by atoms with Crippen molar-refractivity contribution >= 4 is 67.3 Å². The van der Waals surface area contributed by atoms with Crippen molar-refractivity contribution in [3.63, 3.8) is 0 Å². The lowest BCUT2D eigenvalue weighted by Crippen LogP contribution is -2.27. The molecule has 0 aromatic heterocycles. The molecule has 1 N–H and O–H groups in total. The zero-order valence-electron chi connectivity index (χ0n) is 10.4. The van der Waals surface area contributed by atoms with E-state index in [-0.39, 0.29) is 11.8 Å². The molecule has 0 saturated carbocycles. The van der Waals surface area contributed by atoms with Crippen molar-refractivity contribution < 1.29 is 9.59 Å². The first-order valence-electron chi connectivity index (χ1n) is 5.92. The monoisotopic (exact) mass is 368 g/mol. The molecule has 2 aliphatic heterocycles. The Hall–Kier alpha value is -1.18. The van der Waals surface area contributed by atoms with Crippen LogP contribution in [0.15, 0.2) is 27.6 Å². The zero-order valence-corrected chi connectivity index (χ0v) is 13.6. The minimum absolute atomic E-state index is 0.194. The largest absolute Gasteiger partial charge is 0.321 e. The molecule has 2 aliphatic rings. The third kappa shape index (κ3) is 2.01. The lowest BCUT2D eigenvalue weighted by atomic mass is 10.1. The number of hydrogen-bond acceptors (Lipinski definition) is 4. The molecule has 3 rings (SSSR count). The van der Waals surface area contributed by atoms with Crippen LogP contribution in [0.25, 0.3) is 5.57 Å². The first kappa shape index (κ1) is 13.8. The van der Waals surface area contributed by atoms with Crippen LogP contribution in [0.1, 0.15) is 12.5 Å². The fraction of sp³-hybridized carbons (Fsp3) is 0.154. The van der Waals surface area contributed by atoms with E-state index in [0.29, 0.717) is 21.3 Å². The van der Waals surface area contributed by atoms with Crippen LogP contribution in [-0.4, -0.2) is 27.6 Å². The van der Waals surface area contributed by atoms with Gasteiger partial charge < -0.3 is 5.32 Å². The summed E-state index contributed by atoms with van der Waals surface area (Å²) in [6, 6.07) is 5.49. The number of fused-ring (bicyclic) bond motifs is 1. The number of nitrogens with one attached hydrogen (secondary N) is 1. The number of nitrogens with zero attached hydrogens (tertiary/aromatic N) is 1. The summed E-state index contributed by atoms with van der Waals surface area (Å²) in [6.45, 7) is 2.37. The van der Waals surface area contributed by atoms with Crippen LogP contribution in [0, 0.1) is 0 Å². The Morgan fingerprint density at radius 2 is 2.15 bits per heavy atom. The third-order valence-electron chi connectivity index (χ3n) is 3.12. The van der Waals surface area contributed by atoms with Gasteiger partial charge in [0, 0.05) is 22.3 Å². The number of carbonyl (C=O) groups excluding carboxylic acids is 2. The molecule has 2 heterocycles. The molecule has 0 atom stereocenters. The summed E-state index contributed by atoms with van der Waals surface area (Å²) in [4.78, 5) is 26.4. The Bertz CT molecular complexity index is 700. The van der Waals surface area contributed by atoms with E-state index in [1.807, 2.05) is 25.1 Å². The summed E-state index contributed by atoms with van der Waals surface area (Å²) in [6.07, 6.45) is 0. The molecule has 2 amide bonds. The molecule has 0 spiro atoms. The summed E-state index contributed by atoms with van der Waals surface area (Å²) < 4.78 is 1.35. The lowest BCUT2D eigenvalue weighted by Gasteiger charge is -2.09. The van der Waals surface area contributed by atoms with Gasteiger partial charge in [0.1, 0.15) is 4.32 Å². The van der Waals surface area contributed by atoms with E-state index in [4.69, 9.17) is 12.2 Å². The Labute approximate surface area is 133 Å². The molecule has 102 valence electrons. The van der Waals surface area contributed by atoms with Crippen LogP contribution >= 0.6 is 39.9 Å². The minimum Gasteiger partial charge on any atom is -0.321 e. The Balaban J connectivity index is 2.18. The second-order valence-electron chi connectivity index (χ2n) is 4.27. The van der Waals surface area contributed by atoms with E-state index in [0.717, 1.165) is 15.7 Å². The molecule has 0 radical (unpaired) electrons. The number of likely N-dealkylation sites (N-methyl/N-ethyl adjacent to an activating group) is 1. The Morgan fingerprint density at radius 3 is 2.80 bits per heavy atom. The van der Waals surface area contributed by atoms with Gasteiger partial charge in [-0.1, -0.05) is 39.9 Å². The van der Waals surface area contributed by atoms with Gasteiger partial charge in [-0.15, -0.1) is 0 Å². The van der Waals surface area contributed by atoms with Gasteiger partial charge in [0.2, 0.25) is 0 Å². The van der Waals surface area contributed by atoms with Crippen molar-refractivity contribution in [1.29, 1.82) is 0 Å². The van der Waals surface area contributed by atoms with Crippen LogP contribution in [0.2, 0.25) is 0 Å². The highest BCUT2D eigenvalue weighted by Crippen LogP contribution is 2.42. The highest BCUT2D eigenvalue weighted by Gasteiger charge is 2.38. The molecule has 0 bridgehead atoms. The molecule has 20 heavy (non-hydrogen) atoms. The number of halogens is 1. The summed E-state index contributed by atoms with van der Waals surface area (Å²) in [5, 5.41) is 2.77. The third-order valence-corrected chi connectivity index (χ3v) is 5.06. The standard InChI is InChI=1S/C13H9BrN2O2S2/c1-2-16-12(18)10(20-13(16)19)9-7-5-6(14)3-4-8(7)15-11(9)17/h3-5H,2H2,1H3,(H,15,17)/b10-9-. The van der Waals surface area contributed by atoms with E-state index < -0.39 is 0 Å². The number of carbonyl (C=O) groups is 2. The molecular weight excluding hydrogens is 360 g/mol. The molecule has 0 unspecified atom stereocenters. The first-order chi connectivity index (χ1) is 9.52. The summed E-state index contributed by atoms with van der Waals surface area (Å²) in [5.74, 6) is -0.449. The summed E-state index contributed by atoms with van der Waals surface area (Å²) in [5.41, 5.74) is 1.87. The van der Waals surface area contributed by atoms with Gasteiger partial charge in [-0.3, -0.25) is 14.5 Å². The molecule has 4 nitrogen and oxygen atoms in total. The maximum atomic E-state index is 12.3. The lowest BCUT2D eigenvalue weighted by molar-refractivity contribution is -0.122. The smallest absolute Gasteiger partial charge is 0.266 e. The van der Waals surface area contributed by atoms with Crippen LogP contribution in [-0.2, 0) is 9.59 Å². The van der Waals surface area contributed by atoms with Crippen molar-refractivity contribution in [2.75, 3.05) is 11.9 Å². The predicted molar refractivity (Wildman–Crippen MR) is 87.3 cm³/mol. The minimum atomic E-state index is -0.255. The number of rotatable bonds is 1. The molecular formula is C13H9BrN2O2S2. The topological polar surface area (TPSA) is 49.4 Å². The first-order valence-corrected chi connectivity index (χ1v) is 7.94. The average Bonchev–Trinajstić information content (AvgIpc) is 2.85. The number of hydrogen-bond donors (Lipinski definition) is 1. The van der Waals surface area contributed by atoms with Crippen LogP contribution < -0.4 is 5.32 Å². The predicted octanol–water partition coefficient (Wildman–Crippen LogP) is 2.99. The molecule has 1 aromatic carbocycles. The quantitative estimate of drug-likeness (QED) is 0.611. The molecule has 1 aromatic rings. The fourth-order valence-corrected chi connectivity index (χ4v) is 4.01. The van der Waals surface area contributed by atoms with E-state index in [9.17, 15) is 9.59 Å². The van der Waals surface area contributed by atoms with E-state index in [2.05, 4.69) is 21.2 Å². The van der Waals surface area contributed by atoms with Crippen LogP contribution in [0.4, 0.5) is 5.69 Å². The number of benzene rings is 1. The maximum absolute atomic E-state index is 12.3. The second kappa shape index (κ2) is 4.98. The van der Waals surface area contributed by atoms with Crippen molar-refractivity contribution in [3.8, 4) is 0 Å². The maximum Gasteiger partial charge on any atom is 0.266 e.